The average Bonchev–Trinajstić information content (AvgIpc) is 2.25. The number of benzene rings is 1. The van der Waals surface area contributed by atoms with Crippen molar-refractivity contribution in [2.45, 2.75) is 45.8 Å². The van der Waals surface area contributed by atoms with Gasteiger partial charge in [0.25, 0.3) is 0 Å². The molecule has 0 atom stereocenters. The van der Waals surface area contributed by atoms with Gasteiger partial charge in [-0.2, -0.15) is 0 Å². The predicted molar refractivity (Wildman–Crippen MR) is 89.4 cm³/mol. The van der Waals surface area contributed by atoms with Gasteiger partial charge in [-0.3, -0.25) is 9.69 Å². The van der Waals surface area contributed by atoms with E-state index in [1.807, 2.05) is 23.1 Å². The molecule has 1 aliphatic heterocycles. The Kier molecular flexibility index (Phi) is 5.65. The third-order valence-electron chi connectivity index (χ3n) is 3.76. The molecule has 1 amide bonds. The molecule has 118 valence electrons. The Balaban J connectivity index is 0.00000220. The molecule has 4 nitrogen and oxygen atoms in total. The Morgan fingerprint density at radius 2 is 2.00 bits per heavy atom. The second-order valence-electron chi connectivity index (χ2n) is 6.56. The van der Waals surface area contributed by atoms with Crippen molar-refractivity contribution < 1.29 is 4.79 Å². The monoisotopic (exact) mass is 311 g/mol. The zero-order chi connectivity index (χ0) is 14.9. The van der Waals surface area contributed by atoms with E-state index < -0.39 is 0 Å². The number of nitrogens with two attached hydrogens (primary N) is 1. The Morgan fingerprint density at radius 1 is 1.33 bits per heavy atom. The van der Waals surface area contributed by atoms with Crippen LogP contribution in [-0.2, 0) is 11.3 Å². The molecular weight excluding hydrogens is 286 g/mol. The Bertz CT molecular complexity index is 502. The Labute approximate surface area is 133 Å². The van der Waals surface area contributed by atoms with E-state index in [0.29, 0.717) is 6.54 Å². The van der Waals surface area contributed by atoms with Gasteiger partial charge in [0.2, 0.25) is 5.91 Å². The number of halogens is 1. The summed E-state index contributed by atoms with van der Waals surface area (Å²) >= 11 is 0. The molecule has 1 aromatic carbocycles. The lowest BCUT2D eigenvalue weighted by Crippen LogP contribution is -2.63. The van der Waals surface area contributed by atoms with Crippen LogP contribution in [0.1, 0.15) is 33.3 Å². The van der Waals surface area contributed by atoms with Crippen molar-refractivity contribution in [1.29, 1.82) is 0 Å². The number of carbonyl (C=O) groups excluding carboxylic acids is 1. The van der Waals surface area contributed by atoms with Crippen LogP contribution in [0.2, 0.25) is 0 Å². The van der Waals surface area contributed by atoms with Crippen LogP contribution >= 0.6 is 12.4 Å². The molecule has 0 aliphatic carbocycles. The number of amides is 1. The first-order valence-electron chi connectivity index (χ1n) is 7.18. The van der Waals surface area contributed by atoms with Crippen LogP contribution < -0.4 is 5.73 Å². The van der Waals surface area contributed by atoms with Crippen molar-refractivity contribution in [1.82, 2.24) is 9.80 Å². The fraction of sp³-hybridized carbons (Fsp3) is 0.562. The third-order valence-corrected chi connectivity index (χ3v) is 3.76. The maximum absolute atomic E-state index is 12.4. The number of nitrogen functional groups attached to an aromatic ring is 1. The van der Waals surface area contributed by atoms with Gasteiger partial charge in [0.05, 0.1) is 12.1 Å². The van der Waals surface area contributed by atoms with Gasteiger partial charge in [-0.05, 0) is 45.4 Å². The van der Waals surface area contributed by atoms with E-state index in [4.69, 9.17) is 5.73 Å². The highest BCUT2D eigenvalue weighted by molar-refractivity contribution is 5.85. The first-order chi connectivity index (χ1) is 9.29. The number of piperazine rings is 1. The normalized spacial score (nSPS) is 18.7. The van der Waals surface area contributed by atoms with Crippen molar-refractivity contribution in [3.8, 4) is 0 Å². The molecule has 1 aromatic rings. The summed E-state index contributed by atoms with van der Waals surface area (Å²) in [6.45, 7) is 10.6. The minimum atomic E-state index is -0.135. The van der Waals surface area contributed by atoms with E-state index in [2.05, 4.69) is 38.7 Å². The average molecular weight is 312 g/mol. The summed E-state index contributed by atoms with van der Waals surface area (Å²) in [5.74, 6) is 0.208. The first-order valence-corrected chi connectivity index (χ1v) is 7.18. The minimum Gasteiger partial charge on any atom is -0.399 e. The fourth-order valence-corrected chi connectivity index (χ4v) is 3.33. The van der Waals surface area contributed by atoms with Gasteiger partial charge in [-0.15, -0.1) is 12.4 Å². The van der Waals surface area contributed by atoms with E-state index >= 15 is 0 Å². The highest BCUT2D eigenvalue weighted by atomic mass is 35.5. The van der Waals surface area contributed by atoms with Gasteiger partial charge in [-0.25, -0.2) is 0 Å². The van der Waals surface area contributed by atoms with Crippen LogP contribution in [0, 0.1) is 0 Å². The summed E-state index contributed by atoms with van der Waals surface area (Å²) in [4.78, 5) is 16.6. The lowest BCUT2D eigenvalue weighted by atomic mass is 9.96. The van der Waals surface area contributed by atoms with Crippen LogP contribution in [0.5, 0.6) is 0 Å². The predicted octanol–water partition coefficient (Wildman–Crippen LogP) is 2.52. The number of carbonyl (C=O) groups is 1. The number of anilines is 1. The van der Waals surface area contributed by atoms with Gasteiger partial charge >= 0.3 is 0 Å². The molecule has 1 fully saturated rings. The van der Waals surface area contributed by atoms with Gasteiger partial charge in [-0.1, -0.05) is 12.1 Å². The highest BCUT2D eigenvalue weighted by Gasteiger charge is 2.39. The maximum Gasteiger partial charge on any atom is 0.237 e. The van der Waals surface area contributed by atoms with Crippen LogP contribution in [-0.4, -0.2) is 40.4 Å². The van der Waals surface area contributed by atoms with E-state index in [9.17, 15) is 4.79 Å². The highest BCUT2D eigenvalue weighted by Crippen LogP contribution is 2.25. The second-order valence-corrected chi connectivity index (χ2v) is 6.56. The number of hydrogen-bond acceptors (Lipinski definition) is 3. The second kappa shape index (κ2) is 6.67. The Hall–Kier alpha value is -1.26. The summed E-state index contributed by atoms with van der Waals surface area (Å²) in [5.41, 5.74) is 7.61. The van der Waals surface area contributed by atoms with E-state index in [0.717, 1.165) is 24.3 Å². The molecule has 1 aliphatic rings. The first kappa shape index (κ1) is 17.8. The van der Waals surface area contributed by atoms with Crippen molar-refractivity contribution in [3.63, 3.8) is 0 Å². The summed E-state index contributed by atoms with van der Waals surface area (Å²) in [7, 11) is 0. The SMILES string of the molecule is CC(C)N1C(=O)CN(Cc2cccc(N)c2)CC1(C)C.Cl. The zero-order valence-corrected chi connectivity index (χ0v) is 14.1. The van der Waals surface area contributed by atoms with Crippen LogP contribution in [0.3, 0.4) is 0 Å². The van der Waals surface area contributed by atoms with Crippen LogP contribution in [0.4, 0.5) is 5.69 Å². The molecule has 21 heavy (non-hydrogen) atoms. The standard InChI is InChI=1S/C16H25N3O.ClH/c1-12(2)19-15(20)10-18(11-16(19,3)4)9-13-6-5-7-14(17)8-13;/h5-8,12H,9-11,17H2,1-4H3;1H. The number of hydrogen-bond donors (Lipinski definition) is 1. The largest absolute Gasteiger partial charge is 0.399 e. The number of rotatable bonds is 3. The molecular formula is C16H26ClN3O. The van der Waals surface area contributed by atoms with Gasteiger partial charge in [0.1, 0.15) is 0 Å². The summed E-state index contributed by atoms with van der Waals surface area (Å²) in [6.07, 6.45) is 0. The van der Waals surface area contributed by atoms with Gasteiger partial charge in [0, 0.05) is 24.8 Å². The lowest BCUT2D eigenvalue weighted by Gasteiger charge is -2.49. The van der Waals surface area contributed by atoms with E-state index in [1.54, 1.807) is 0 Å². The van der Waals surface area contributed by atoms with Crippen LogP contribution in [0.25, 0.3) is 0 Å². The number of nitrogens with zero attached hydrogens (tertiary/aromatic N) is 2. The molecule has 5 heteroatoms. The fourth-order valence-electron chi connectivity index (χ4n) is 3.33. The topological polar surface area (TPSA) is 49.6 Å². The molecule has 2 rings (SSSR count). The molecule has 2 N–H and O–H groups in total. The molecule has 0 aromatic heterocycles. The van der Waals surface area contributed by atoms with Gasteiger partial charge < -0.3 is 10.6 Å². The summed E-state index contributed by atoms with van der Waals surface area (Å²) in [6, 6.07) is 8.12. The minimum absolute atomic E-state index is 0. The molecule has 0 bridgehead atoms. The van der Waals surface area contributed by atoms with Crippen molar-refractivity contribution in [3.05, 3.63) is 29.8 Å². The quantitative estimate of drug-likeness (QED) is 0.873. The molecule has 1 saturated heterocycles. The van der Waals surface area contributed by atoms with Gasteiger partial charge in [0.15, 0.2) is 0 Å². The summed E-state index contributed by atoms with van der Waals surface area (Å²) < 4.78 is 0. The van der Waals surface area contributed by atoms with Crippen molar-refractivity contribution in [2.24, 2.45) is 0 Å². The molecule has 0 unspecified atom stereocenters. The van der Waals surface area contributed by atoms with E-state index in [-0.39, 0.29) is 29.9 Å². The Morgan fingerprint density at radius 3 is 2.52 bits per heavy atom. The third kappa shape index (κ3) is 4.11. The molecule has 1 heterocycles. The molecule has 0 spiro atoms. The smallest absolute Gasteiger partial charge is 0.237 e. The zero-order valence-electron chi connectivity index (χ0n) is 13.3. The van der Waals surface area contributed by atoms with Crippen molar-refractivity contribution in [2.75, 3.05) is 18.8 Å². The van der Waals surface area contributed by atoms with Crippen molar-refractivity contribution >= 4 is 24.0 Å². The maximum atomic E-state index is 12.4. The molecule has 0 radical (unpaired) electrons. The van der Waals surface area contributed by atoms with E-state index in [1.165, 1.54) is 0 Å². The summed E-state index contributed by atoms with van der Waals surface area (Å²) in [5, 5.41) is 0. The lowest BCUT2D eigenvalue weighted by molar-refractivity contribution is -0.148. The van der Waals surface area contributed by atoms with Crippen LogP contribution in [0.15, 0.2) is 24.3 Å². The molecule has 0 saturated carbocycles.